The highest BCUT2D eigenvalue weighted by Gasteiger charge is 2.17. The number of hydrogen-bond acceptors (Lipinski definition) is 4. The van der Waals surface area contributed by atoms with E-state index in [4.69, 9.17) is 16.7 Å². The fourth-order valence-corrected chi connectivity index (χ4v) is 3.66. The van der Waals surface area contributed by atoms with E-state index in [1.165, 1.54) is 11.3 Å². The number of benzene rings is 1. The van der Waals surface area contributed by atoms with Crippen LogP contribution in [0, 0.1) is 0 Å². The zero-order valence-electron chi connectivity index (χ0n) is 13.7. The summed E-state index contributed by atoms with van der Waals surface area (Å²) < 4.78 is 0. The van der Waals surface area contributed by atoms with Crippen LogP contribution in [0.3, 0.4) is 0 Å². The van der Waals surface area contributed by atoms with Gasteiger partial charge in [-0.05, 0) is 56.4 Å². The Bertz CT molecular complexity index is 722. The second kappa shape index (κ2) is 8.42. The summed E-state index contributed by atoms with van der Waals surface area (Å²) in [5.41, 5.74) is 1.55. The average Bonchev–Trinajstić information content (AvgIpc) is 2.90. The molecule has 1 heterocycles. The number of thiophene rings is 1. The van der Waals surface area contributed by atoms with Gasteiger partial charge < -0.3 is 10.0 Å². The number of carbonyl (C=O) groups excluding carboxylic acids is 1. The molecule has 2 aromatic rings. The largest absolute Gasteiger partial charge is 0.481 e. The summed E-state index contributed by atoms with van der Waals surface area (Å²) in [4.78, 5) is 27.0. The number of nitrogens with zero attached hydrogens (tertiary/aromatic N) is 1. The standard InChI is InChI=1S/C18H20ClNO3S/c1-20(2)9-3-4-15(21)16-10-13(11-17(22)23)18(24-16)12-5-7-14(19)8-6-12/h5-8,10H,3-4,9,11H2,1-2H3,(H,22,23). The predicted molar refractivity (Wildman–Crippen MR) is 98.2 cm³/mol. The van der Waals surface area contributed by atoms with Gasteiger partial charge in [-0.15, -0.1) is 11.3 Å². The number of carboxylic acid groups (broad SMARTS) is 1. The average molecular weight is 366 g/mol. The first-order chi connectivity index (χ1) is 11.4. The number of rotatable bonds is 8. The van der Waals surface area contributed by atoms with Crippen LogP contribution < -0.4 is 0 Å². The summed E-state index contributed by atoms with van der Waals surface area (Å²) in [5.74, 6) is -0.844. The first-order valence-corrected chi connectivity index (χ1v) is 8.84. The molecule has 0 spiro atoms. The summed E-state index contributed by atoms with van der Waals surface area (Å²) in [5, 5.41) is 9.75. The molecule has 2 rings (SSSR count). The minimum atomic E-state index is -0.908. The Morgan fingerprint density at radius 1 is 1.21 bits per heavy atom. The minimum absolute atomic E-state index is 0.0636. The Kier molecular flexibility index (Phi) is 6.54. The van der Waals surface area contributed by atoms with Gasteiger partial charge in [0.05, 0.1) is 11.3 Å². The van der Waals surface area contributed by atoms with Crippen LogP contribution in [0.4, 0.5) is 0 Å². The lowest BCUT2D eigenvalue weighted by atomic mass is 10.1. The molecule has 0 radical (unpaired) electrons. The van der Waals surface area contributed by atoms with E-state index in [9.17, 15) is 9.59 Å². The van der Waals surface area contributed by atoms with Crippen LogP contribution in [0.15, 0.2) is 30.3 Å². The fraction of sp³-hybridized carbons (Fsp3) is 0.333. The zero-order valence-corrected chi connectivity index (χ0v) is 15.3. The highest BCUT2D eigenvalue weighted by molar-refractivity contribution is 7.17. The van der Waals surface area contributed by atoms with Crippen molar-refractivity contribution in [1.29, 1.82) is 0 Å². The van der Waals surface area contributed by atoms with E-state index in [2.05, 4.69) is 0 Å². The van der Waals surface area contributed by atoms with Gasteiger partial charge in [0.25, 0.3) is 0 Å². The maximum Gasteiger partial charge on any atom is 0.307 e. The molecule has 1 aromatic carbocycles. The maximum absolute atomic E-state index is 12.4. The summed E-state index contributed by atoms with van der Waals surface area (Å²) in [7, 11) is 3.94. The van der Waals surface area contributed by atoms with Gasteiger partial charge in [0.15, 0.2) is 5.78 Å². The van der Waals surface area contributed by atoms with E-state index < -0.39 is 5.97 Å². The van der Waals surface area contributed by atoms with Crippen molar-refractivity contribution in [3.8, 4) is 10.4 Å². The molecule has 0 bridgehead atoms. The van der Waals surface area contributed by atoms with E-state index in [1.807, 2.05) is 31.1 Å². The van der Waals surface area contributed by atoms with Gasteiger partial charge >= 0.3 is 5.97 Å². The predicted octanol–water partition coefficient (Wildman–Crippen LogP) is 4.22. The van der Waals surface area contributed by atoms with Crippen molar-refractivity contribution in [2.45, 2.75) is 19.3 Å². The van der Waals surface area contributed by atoms with Gasteiger partial charge in [0.1, 0.15) is 0 Å². The Labute approximate surface area is 150 Å². The molecule has 0 amide bonds. The Morgan fingerprint density at radius 2 is 1.88 bits per heavy atom. The molecule has 0 saturated carbocycles. The molecule has 128 valence electrons. The van der Waals surface area contributed by atoms with Gasteiger partial charge in [-0.2, -0.15) is 0 Å². The molecule has 6 heteroatoms. The number of ketones is 1. The molecular formula is C18H20ClNO3S. The molecule has 0 atom stereocenters. The smallest absolute Gasteiger partial charge is 0.307 e. The first-order valence-electron chi connectivity index (χ1n) is 7.65. The van der Waals surface area contributed by atoms with Crippen molar-refractivity contribution in [3.05, 3.63) is 45.8 Å². The number of Topliss-reactive ketones (excluding diaryl/α,β-unsaturated/α-hetero) is 1. The Balaban J connectivity index is 2.26. The van der Waals surface area contributed by atoms with Gasteiger partial charge in [0, 0.05) is 16.3 Å². The van der Waals surface area contributed by atoms with Crippen LogP contribution in [0.25, 0.3) is 10.4 Å². The Morgan fingerprint density at radius 3 is 2.46 bits per heavy atom. The van der Waals surface area contributed by atoms with E-state index in [0.717, 1.165) is 23.4 Å². The third-order valence-corrected chi connectivity index (χ3v) is 5.06. The van der Waals surface area contributed by atoms with E-state index in [-0.39, 0.29) is 12.2 Å². The number of halogens is 1. The zero-order chi connectivity index (χ0) is 17.7. The molecule has 1 N–H and O–H groups in total. The molecule has 0 saturated heterocycles. The van der Waals surface area contributed by atoms with Crippen molar-refractivity contribution in [1.82, 2.24) is 4.90 Å². The second-order valence-electron chi connectivity index (χ2n) is 5.87. The molecule has 0 unspecified atom stereocenters. The van der Waals surface area contributed by atoms with Crippen LogP contribution in [0.5, 0.6) is 0 Å². The van der Waals surface area contributed by atoms with Gasteiger partial charge in [-0.25, -0.2) is 0 Å². The highest BCUT2D eigenvalue weighted by Crippen LogP contribution is 2.34. The molecular weight excluding hydrogens is 346 g/mol. The quantitative estimate of drug-likeness (QED) is 0.711. The fourth-order valence-electron chi connectivity index (χ4n) is 2.39. The van der Waals surface area contributed by atoms with Crippen LogP contribution in [-0.4, -0.2) is 42.4 Å². The molecule has 1 aromatic heterocycles. The van der Waals surface area contributed by atoms with E-state index >= 15 is 0 Å². The summed E-state index contributed by atoms with van der Waals surface area (Å²) in [6.45, 7) is 0.850. The van der Waals surface area contributed by atoms with E-state index in [1.54, 1.807) is 18.2 Å². The monoisotopic (exact) mass is 365 g/mol. The lowest BCUT2D eigenvalue weighted by Crippen LogP contribution is -2.14. The normalized spacial score (nSPS) is 11.0. The van der Waals surface area contributed by atoms with Gasteiger partial charge in [-0.3, -0.25) is 9.59 Å². The lowest BCUT2D eigenvalue weighted by Gasteiger charge is -2.07. The maximum atomic E-state index is 12.4. The van der Waals surface area contributed by atoms with Crippen molar-refractivity contribution >= 4 is 34.7 Å². The van der Waals surface area contributed by atoms with Crippen molar-refractivity contribution < 1.29 is 14.7 Å². The number of hydrogen-bond donors (Lipinski definition) is 1. The molecule has 0 aliphatic heterocycles. The number of carbonyl (C=O) groups is 2. The van der Waals surface area contributed by atoms with Crippen LogP contribution in [-0.2, 0) is 11.2 Å². The number of carboxylic acids is 1. The SMILES string of the molecule is CN(C)CCCC(=O)c1cc(CC(=O)O)c(-c2ccc(Cl)cc2)s1. The second-order valence-corrected chi connectivity index (χ2v) is 7.36. The van der Waals surface area contributed by atoms with Crippen molar-refractivity contribution in [3.63, 3.8) is 0 Å². The van der Waals surface area contributed by atoms with Crippen molar-refractivity contribution in [2.75, 3.05) is 20.6 Å². The third-order valence-electron chi connectivity index (χ3n) is 3.54. The van der Waals surface area contributed by atoms with E-state index in [0.29, 0.717) is 21.9 Å². The van der Waals surface area contributed by atoms with Crippen LogP contribution in [0.2, 0.25) is 5.02 Å². The third kappa shape index (κ3) is 5.16. The van der Waals surface area contributed by atoms with Crippen LogP contribution in [0.1, 0.15) is 28.1 Å². The summed E-state index contributed by atoms with van der Waals surface area (Å²) >= 11 is 7.27. The Hall–Kier alpha value is -1.69. The molecule has 0 fully saturated rings. The lowest BCUT2D eigenvalue weighted by molar-refractivity contribution is -0.136. The number of aliphatic carboxylic acids is 1. The summed E-state index contributed by atoms with van der Waals surface area (Å²) in [6.07, 6.45) is 1.15. The minimum Gasteiger partial charge on any atom is -0.481 e. The van der Waals surface area contributed by atoms with Crippen LogP contribution >= 0.6 is 22.9 Å². The molecule has 4 nitrogen and oxygen atoms in total. The molecule has 0 aliphatic rings. The molecule has 0 aliphatic carbocycles. The topological polar surface area (TPSA) is 57.6 Å². The van der Waals surface area contributed by atoms with Gasteiger partial charge in [0.2, 0.25) is 0 Å². The summed E-state index contributed by atoms with van der Waals surface area (Å²) in [6, 6.07) is 8.94. The first kappa shape index (κ1) is 18.6. The highest BCUT2D eigenvalue weighted by atomic mass is 35.5. The van der Waals surface area contributed by atoms with Gasteiger partial charge in [-0.1, -0.05) is 23.7 Å². The van der Waals surface area contributed by atoms with Crippen molar-refractivity contribution in [2.24, 2.45) is 0 Å². The molecule has 24 heavy (non-hydrogen) atoms.